The number of hydrogen-bond acceptors (Lipinski definition) is 2. The van der Waals surface area contributed by atoms with Crippen LogP contribution < -0.4 is 5.73 Å². The van der Waals surface area contributed by atoms with Gasteiger partial charge in [0, 0.05) is 19.6 Å². The van der Waals surface area contributed by atoms with Crippen LogP contribution in [0.5, 0.6) is 0 Å². The Morgan fingerprint density at radius 3 is 2.64 bits per heavy atom. The maximum absolute atomic E-state index is 5.50. The van der Waals surface area contributed by atoms with E-state index in [1.807, 2.05) is 0 Å². The van der Waals surface area contributed by atoms with Gasteiger partial charge in [-0.05, 0) is 24.8 Å². The molecule has 0 aromatic rings. The third-order valence-electron chi connectivity index (χ3n) is 2.86. The molecule has 2 nitrogen and oxygen atoms in total. The Hall–Kier alpha value is -0.0800. The summed E-state index contributed by atoms with van der Waals surface area (Å²) in [5.74, 6) is 1.76. The second-order valence-electron chi connectivity index (χ2n) is 3.83. The highest BCUT2D eigenvalue weighted by Gasteiger charge is 2.21. The van der Waals surface area contributed by atoms with Gasteiger partial charge in [0.2, 0.25) is 0 Å². The number of likely N-dealkylation sites (tertiary alicyclic amines) is 1. The van der Waals surface area contributed by atoms with Crippen molar-refractivity contribution >= 4 is 0 Å². The highest BCUT2D eigenvalue weighted by molar-refractivity contribution is 4.74. The molecule has 1 fully saturated rings. The average Bonchev–Trinajstić information content (AvgIpc) is 1.98. The van der Waals surface area contributed by atoms with Crippen LogP contribution in [0.2, 0.25) is 0 Å². The van der Waals surface area contributed by atoms with Crippen molar-refractivity contribution in [2.45, 2.75) is 20.3 Å². The Balaban J connectivity index is 2.28. The normalized spacial score (nSPS) is 34.1. The van der Waals surface area contributed by atoms with Crippen molar-refractivity contribution < 1.29 is 0 Å². The molecule has 66 valence electrons. The molecule has 0 bridgehead atoms. The molecule has 1 aliphatic heterocycles. The molecule has 0 aliphatic carbocycles. The molecule has 0 aromatic carbocycles. The Morgan fingerprint density at radius 1 is 1.36 bits per heavy atom. The van der Waals surface area contributed by atoms with Gasteiger partial charge in [0.25, 0.3) is 0 Å². The van der Waals surface area contributed by atoms with Gasteiger partial charge in [-0.2, -0.15) is 0 Å². The van der Waals surface area contributed by atoms with Crippen molar-refractivity contribution in [3.8, 4) is 0 Å². The Labute approximate surface area is 69.8 Å². The van der Waals surface area contributed by atoms with E-state index < -0.39 is 0 Å². The topological polar surface area (TPSA) is 29.3 Å². The lowest BCUT2D eigenvalue weighted by Crippen LogP contribution is -2.40. The van der Waals surface area contributed by atoms with Crippen LogP contribution in [0.1, 0.15) is 20.3 Å². The molecule has 1 aliphatic rings. The molecule has 1 saturated heterocycles. The zero-order valence-corrected chi connectivity index (χ0v) is 7.71. The number of rotatable bonds is 2. The van der Waals surface area contributed by atoms with Crippen LogP contribution >= 0.6 is 0 Å². The van der Waals surface area contributed by atoms with Gasteiger partial charge in [-0.15, -0.1) is 0 Å². The number of hydrogen-bond donors (Lipinski definition) is 1. The van der Waals surface area contributed by atoms with Crippen LogP contribution in [0.25, 0.3) is 0 Å². The van der Waals surface area contributed by atoms with Crippen LogP contribution in [0.4, 0.5) is 0 Å². The predicted molar refractivity (Wildman–Crippen MR) is 48.4 cm³/mol. The first-order valence-corrected chi connectivity index (χ1v) is 4.66. The number of nitrogens with two attached hydrogens (primary N) is 1. The molecule has 0 radical (unpaired) electrons. The molecule has 11 heavy (non-hydrogen) atoms. The van der Waals surface area contributed by atoms with Crippen LogP contribution in [-0.4, -0.2) is 31.1 Å². The molecule has 0 unspecified atom stereocenters. The summed E-state index contributed by atoms with van der Waals surface area (Å²) in [5.41, 5.74) is 5.50. The van der Waals surface area contributed by atoms with E-state index in [0.29, 0.717) is 0 Å². The summed E-state index contributed by atoms with van der Waals surface area (Å²) in [7, 11) is 0. The van der Waals surface area contributed by atoms with E-state index in [9.17, 15) is 0 Å². The average molecular weight is 156 g/mol. The molecule has 2 atom stereocenters. The van der Waals surface area contributed by atoms with E-state index in [-0.39, 0.29) is 0 Å². The molecule has 1 rings (SSSR count). The van der Waals surface area contributed by atoms with Gasteiger partial charge in [0.05, 0.1) is 0 Å². The zero-order chi connectivity index (χ0) is 8.27. The van der Waals surface area contributed by atoms with E-state index in [1.165, 1.54) is 19.5 Å². The fourth-order valence-corrected chi connectivity index (χ4v) is 1.73. The van der Waals surface area contributed by atoms with Crippen molar-refractivity contribution in [1.29, 1.82) is 0 Å². The van der Waals surface area contributed by atoms with Crippen molar-refractivity contribution in [1.82, 2.24) is 4.90 Å². The maximum atomic E-state index is 5.50. The summed E-state index contributed by atoms with van der Waals surface area (Å²) in [6.45, 7) is 9.08. The van der Waals surface area contributed by atoms with Crippen LogP contribution in [-0.2, 0) is 0 Å². The molecular formula is C9H20N2. The standard InChI is InChI=1S/C9H20N2/c1-8-3-5-11(6-4-10)7-9(8)2/h8-9H,3-7,10H2,1-2H3/t8-,9+/m0/s1. The minimum atomic E-state index is 0.807. The highest BCUT2D eigenvalue weighted by atomic mass is 15.1. The van der Waals surface area contributed by atoms with Gasteiger partial charge in [-0.25, -0.2) is 0 Å². The first kappa shape index (κ1) is 9.01. The van der Waals surface area contributed by atoms with Gasteiger partial charge < -0.3 is 10.6 Å². The van der Waals surface area contributed by atoms with Gasteiger partial charge in [-0.3, -0.25) is 0 Å². The van der Waals surface area contributed by atoms with Crippen molar-refractivity contribution in [2.75, 3.05) is 26.2 Å². The second kappa shape index (κ2) is 4.07. The lowest BCUT2D eigenvalue weighted by atomic mass is 9.89. The summed E-state index contributed by atoms with van der Waals surface area (Å²) in [6.07, 6.45) is 1.35. The Bertz CT molecular complexity index is 114. The molecule has 1 heterocycles. The lowest BCUT2D eigenvalue weighted by molar-refractivity contribution is 0.142. The van der Waals surface area contributed by atoms with E-state index in [1.54, 1.807) is 0 Å². The smallest absolute Gasteiger partial charge is 0.0105 e. The second-order valence-corrected chi connectivity index (χ2v) is 3.83. The maximum Gasteiger partial charge on any atom is 0.0105 e. The monoisotopic (exact) mass is 156 g/mol. The van der Waals surface area contributed by atoms with Gasteiger partial charge in [0.1, 0.15) is 0 Å². The third-order valence-corrected chi connectivity index (χ3v) is 2.86. The first-order chi connectivity index (χ1) is 5.24. The predicted octanol–water partition coefficient (Wildman–Crippen LogP) is 0.923. The van der Waals surface area contributed by atoms with Gasteiger partial charge in [0.15, 0.2) is 0 Å². The van der Waals surface area contributed by atoms with Crippen molar-refractivity contribution in [3.63, 3.8) is 0 Å². The van der Waals surface area contributed by atoms with Crippen LogP contribution in [0, 0.1) is 11.8 Å². The van der Waals surface area contributed by atoms with Crippen LogP contribution in [0.3, 0.4) is 0 Å². The SMILES string of the molecule is C[C@@H]1CN(CCN)CC[C@@H]1C. The van der Waals surface area contributed by atoms with E-state index in [0.717, 1.165) is 24.9 Å². The van der Waals surface area contributed by atoms with Crippen molar-refractivity contribution in [3.05, 3.63) is 0 Å². The largest absolute Gasteiger partial charge is 0.329 e. The minimum absolute atomic E-state index is 0.807. The van der Waals surface area contributed by atoms with Gasteiger partial charge in [-0.1, -0.05) is 13.8 Å². The number of piperidine rings is 1. The molecule has 0 aromatic heterocycles. The Kier molecular flexibility index (Phi) is 3.34. The fraction of sp³-hybridized carbons (Fsp3) is 1.00. The van der Waals surface area contributed by atoms with E-state index in [2.05, 4.69) is 18.7 Å². The lowest BCUT2D eigenvalue weighted by Gasteiger charge is -2.34. The highest BCUT2D eigenvalue weighted by Crippen LogP contribution is 2.21. The molecule has 0 saturated carbocycles. The van der Waals surface area contributed by atoms with Crippen molar-refractivity contribution in [2.24, 2.45) is 17.6 Å². The quantitative estimate of drug-likeness (QED) is 0.644. The summed E-state index contributed by atoms with van der Waals surface area (Å²) < 4.78 is 0. The molecule has 0 amide bonds. The molecule has 2 heteroatoms. The Morgan fingerprint density at radius 2 is 2.09 bits per heavy atom. The fourth-order valence-electron chi connectivity index (χ4n) is 1.73. The molecule has 2 N–H and O–H groups in total. The summed E-state index contributed by atoms with van der Waals surface area (Å²) in [4.78, 5) is 2.48. The first-order valence-electron chi connectivity index (χ1n) is 4.66. The minimum Gasteiger partial charge on any atom is -0.329 e. The zero-order valence-electron chi connectivity index (χ0n) is 7.71. The number of nitrogens with zero attached hydrogens (tertiary/aromatic N) is 1. The summed E-state index contributed by atoms with van der Waals surface area (Å²) in [5, 5.41) is 0. The van der Waals surface area contributed by atoms with Gasteiger partial charge >= 0.3 is 0 Å². The molecular weight excluding hydrogens is 136 g/mol. The summed E-state index contributed by atoms with van der Waals surface area (Å²) >= 11 is 0. The third kappa shape index (κ3) is 2.46. The molecule has 0 spiro atoms. The van der Waals surface area contributed by atoms with E-state index in [4.69, 9.17) is 5.73 Å². The van der Waals surface area contributed by atoms with Crippen LogP contribution in [0.15, 0.2) is 0 Å². The van der Waals surface area contributed by atoms with E-state index >= 15 is 0 Å². The summed E-state index contributed by atoms with van der Waals surface area (Å²) in [6, 6.07) is 0.